The third kappa shape index (κ3) is 5.57. The fraction of sp³-hybridized carbons (Fsp3) is 0.667. The Morgan fingerprint density at radius 2 is 1.38 bits per heavy atom. The van der Waals surface area contributed by atoms with Crippen LogP contribution in [0, 0.1) is 20.8 Å². The maximum absolute atomic E-state index is 12.9. The van der Waals surface area contributed by atoms with Gasteiger partial charge in [-0.2, -0.15) is 17.0 Å². The second-order valence-electron chi connectivity index (χ2n) is 8.32. The van der Waals surface area contributed by atoms with Gasteiger partial charge in [0.15, 0.2) is 0 Å². The standard InChI is InChI=1S/C21H34N4O3S/c1-17-14-18(2)21(19(3)15-17)22-20(26)16-23-10-12-25(13-11-23)29(27,28)24-8-6-4-5-7-9-24/h14-15H,4-13,16H2,1-3H3,(H,22,26). The van der Waals surface area contributed by atoms with Crippen molar-refractivity contribution in [2.24, 2.45) is 0 Å². The van der Waals surface area contributed by atoms with E-state index in [1.165, 1.54) is 5.56 Å². The Bertz CT molecular complexity index is 801. The highest BCUT2D eigenvalue weighted by Gasteiger charge is 2.32. The molecule has 1 N–H and O–H groups in total. The molecule has 0 radical (unpaired) electrons. The van der Waals surface area contributed by atoms with Gasteiger partial charge in [0.25, 0.3) is 10.2 Å². The fourth-order valence-corrected chi connectivity index (χ4v) is 5.98. The summed E-state index contributed by atoms with van der Waals surface area (Å²) in [5.74, 6) is -0.0520. The lowest BCUT2D eigenvalue weighted by molar-refractivity contribution is -0.117. The van der Waals surface area contributed by atoms with Crippen molar-refractivity contribution in [3.05, 3.63) is 28.8 Å². The molecule has 2 aliphatic heterocycles. The molecule has 2 heterocycles. The van der Waals surface area contributed by atoms with Crippen molar-refractivity contribution in [1.82, 2.24) is 13.5 Å². The number of carbonyl (C=O) groups is 1. The zero-order chi connectivity index (χ0) is 21.0. The predicted octanol–water partition coefficient (Wildman–Crippen LogP) is 2.29. The number of aryl methyl sites for hydroxylation is 3. The monoisotopic (exact) mass is 422 g/mol. The minimum Gasteiger partial charge on any atom is -0.324 e. The van der Waals surface area contributed by atoms with Gasteiger partial charge >= 0.3 is 0 Å². The highest BCUT2D eigenvalue weighted by molar-refractivity contribution is 7.86. The van der Waals surface area contributed by atoms with E-state index in [2.05, 4.69) is 17.4 Å². The summed E-state index contributed by atoms with van der Waals surface area (Å²) in [6.45, 7) is 9.61. The van der Waals surface area contributed by atoms with E-state index in [9.17, 15) is 13.2 Å². The summed E-state index contributed by atoms with van der Waals surface area (Å²) in [6, 6.07) is 4.13. The Labute approximate surface area is 175 Å². The van der Waals surface area contributed by atoms with Gasteiger partial charge in [-0.05, 0) is 44.7 Å². The van der Waals surface area contributed by atoms with Crippen molar-refractivity contribution in [3.63, 3.8) is 0 Å². The number of hydrogen-bond acceptors (Lipinski definition) is 4. The average molecular weight is 423 g/mol. The largest absolute Gasteiger partial charge is 0.324 e. The van der Waals surface area contributed by atoms with Crippen molar-refractivity contribution < 1.29 is 13.2 Å². The molecule has 1 aromatic carbocycles. The lowest BCUT2D eigenvalue weighted by Crippen LogP contribution is -2.54. The van der Waals surface area contributed by atoms with Crippen molar-refractivity contribution in [3.8, 4) is 0 Å². The van der Waals surface area contributed by atoms with Crippen LogP contribution < -0.4 is 5.32 Å². The molecular weight excluding hydrogens is 388 g/mol. The molecule has 8 heteroatoms. The first-order valence-corrected chi connectivity index (χ1v) is 12.0. The second kappa shape index (κ2) is 9.55. The van der Waals surface area contributed by atoms with Crippen molar-refractivity contribution in [1.29, 1.82) is 0 Å². The molecule has 0 aliphatic carbocycles. The van der Waals surface area contributed by atoms with E-state index >= 15 is 0 Å². The molecule has 7 nitrogen and oxygen atoms in total. The highest BCUT2D eigenvalue weighted by atomic mass is 32.2. The van der Waals surface area contributed by atoms with Gasteiger partial charge in [-0.1, -0.05) is 30.5 Å². The number of amides is 1. The van der Waals surface area contributed by atoms with E-state index in [0.717, 1.165) is 42.5 Å². The van der Waals surface area contributed by atoms with Gasteiger partial charge in [0.05, 0.1) is 6.54 Å². The molecule has 2 saturated heterocycles. The van der Waals surface area contributed by atoms with Crippen molar-refractivity contribution in [2.45, 2.75) is 46.5 Å². The summed E-state index contributed by atoms with van der Waals surface area (Å²) in [5.41, 5.74) is 4.18. The van der Waals surface area contributed by atoms with E-state index in [1.54, 1.807) is 8.61 Å². The summed E-state index contributed by atoms with van der Waals surface area (Å²) in [7, 11) is -3.38. The van der Waals surface area contributed by atoms with E-state index < -0.39 is 10.2 Å². The average Bonchev–Trinajstić information content (AvgIpc) is 2.95. The molecule has 0 spiro atoms. The van der Waals surface area contributed by atoms with Crippen LogP contribution in [0.3, 0.4) is 0 Å². The molecule has 0 unspecified atom stereocenters. The van der Waals surface area contributed by atoms with Gasteiger partial charge in [0, 0.05) is 45.0 Å². The summed E-state index contributed by atoms with van der Waals surface area (Å²) in [6.07, 6.45) is 4.10. The zero-order valence-electron chi connectivity index (χ0n) is 17.9. The first-order chi connectivity index (χ1) is 13.8. The molecule has 0 saturated carbocycles. The molecule has 0 aromatic heterocycles. The number of nitrogens with zero attached hydrogens (tertiary/aromatic N) is 3. The predicted molar refractivity (Wildman–Crippen MR) is 116 cm³/mol. The topological polar surface area (TPSA) is 73.0 Å². The van der Waals surface area contributed by atoms with E-state index in [-0.39, 0.29) is 12.5 Å². The number of nitrogens with one attached hydrogen (secondary N) is 1. The minimum atomic E-state index is -3.38. The molecule has 2 fully saturated rings. The Morgan fingerprint density at radius 1 is 0.862 bits per heavy atom. The third-order valence-electron chi connectivity index (χ3n) is 5.86. The van der Waals surface area contributed by atoms with Gasteiger partial charge in [-0.15, -0.1) is 0 Å². The second-order valence-corrected chi connectivity index (χ2v) is 10.2. The summed E-state index contributed by atoms with van der Waals surface area (Å²) >= 11 is 0. The number of rotatable bonds is 5. The van der Waals surface area contributed by atoms with Crippen LogP contribution in [0.4, 0.5) is 5.69 Å². The zero-order valence-corrected chi connectivity index (χ0v) is 18.7. The smallest absolute Gasteiger partial charge is 0.282 e. The molecule has 162 valence electrons. The molecule has 0 atom stereocenters. The summed E-state index contributed by atoms with van der Waals surface area (Å²) in [4.78, 5) is 14.6. The Hall–Kier alpha value is -1.48. The Morgan fingerprint density at radius 3 is 1.93 bits per heavy atom. The van der Waals surface area contributed by atoms with Gasteiger partial charge in [0.1, 0.15) is 0 Å². The highest BCUT2D eigenvalue weighted by Crippen LogP contribution is 2.22. The fourth-order valence-electron chi connectivity index (χ4n) is 4.31. The number of hydrogen-bond donors (Lipinski definition) is 1. The number of benzene rings is 1. The van der Waals surface area contributed by atoms with E-state index in [4.69, 9.17) is 0 Å². The number of anilines is 1. The molecule has 3 rings (SSSR count). The summed E-state index contributed by atoms with van der Waals surface area (Å²) < 4.78 is 29.1. The van der Waals surface area contributed by atoms with Crippen molar-refractivity contribution in [2.75, 3.05) is 51.1 Å². The van der Waals surface area contributed by atoms with Crippen LogP contribution in [0.2, 0.25) is 0 Å². The lowest BCUT2D eigenvalue weighted by Gasteiger charge is -2.36. The molecule has 1 amide bonds. The first kappa shape index (κ1) is 22.2. The minimum absolute atomic E-state index is 0.0520. The maximum Gasteiger partial charge on any atom is 0.282 e. The number of piperazine rings is 1. The SMILES string of the molecule is Cc1cc(C)c(NC(=O)CN2CCN(S(=O)(=O)N3CCCCCC3)CC2)c(C)c1. The quantitative estimate of drug-likeness (QED) is 0.790. The van der Waals surface area contributed by atoms with Crippen LogP contribution in [0.1, 0.15) is 42.4 Å². The van der Waals surface area contributed by atoms with Crippen LogP contribution >= 0.6 is 0 Å². The Balaban J connectivity index is 1.52. The Kier molecular flexibility index (Phi) is 7.32. The van der Waals surface area contributed by atoms with Gasteiger partial charge in [-0.25, -0.2) is 0 Å². The normalized spacial score (nSPS) is 20.4. The molecule has 0 bridgehead atoms. The third-order valence-corrected chi connectivity index (χ3v) is 7.89. The van der Waals surface area contributed by atoms with Gasteiger partial charge in [0.2, 0.25) is 5.91 Å². The number of carbonyl (C=O) groups excluding carboxylic acids is 1. The molecule has 29 heavy (non-hydrogen) atoms. The maximum atomic E-state index is 12.9. The van der Waals surface area contributed by atoms with Gasteiger partial charge < -0.3 is 5.32 Å². The molecular formula is C21H34N4O3S. The van der Waals surface area contributed by atoms with Crippen LogP contribution in [-0.2, 0) is 15.0 Å². The molecule has 1 aromatic rings. The van der Waals surface area contributed by atoms with E-state index in [1.807, 2.05) is 25.7 Å². The summed E-state index contributed by atoms with van der Waals surface area (Å²) in [5, 5.41) is 3.03. The van der Waals surface area contributed by atoms with Crippen LogP contribution in [0.5, 0.6) is 0 Å². The van der Waals surface area contributed by atoms with Crippen molar-refractivity contribution >= 4 is 21.8 Å². The lowest BCUT2D eigenvalue weighted by atomic mass is 10.1. The van der Waals surface area contributed by atoms with Crippen LogP contribution in [0.15, 0.2) is 12.1 Å². The molecule has 2 aliphatic rings. The van der Waals surface area contributed by atoms with Crippen LogP contribution in [-0.4, -0.2) is 73.6 Å². The van der Waals surface area contributed by atoms with E-state index in [0.29, 0.717) is 39.3 Å². The van der Waals surface area contributed by atoms with Crippen LogP contribution in [0.25, 0.3) is 0 Å². The first-order valence-electron chi connectivity index (χ1n) is 10.6. The van der Waals surface area contributed by atoms with Gasteiger partial charge in [-0.3, -0.25) is 9.69 Å².